The molecule has 0 unspecified atom stereocenters. The first kappa shape index (κ1) is 9.91. The van der Waals surface area contributed by atoms with Crippen molar-refractivity contribution in [2.45, 2.75) is 0 Å². The van der Waals surface area contributed by atoms with E-state index >= 15 is 0 Å². The molecule has 6 aromatic carbocycles. The van der Waals surface area contributed by atoms with E-state index in [0.29, 0.717) is 0 Å². The predicted molar refractivity (Wildman–Crippen MR) is 169 cm³/mol. The topological polar surface area (TPSA) is 38.7 Å². The maximum Gasteiger partial charge on any atom is 0.285 e. The zero-order chi connectivity index (χ0) is 48.3. The van der Waals surface area contributed by atoms with Crippen molar-refractivity contribution < 1.29 is 47.2 Å². The summed E-state index contributed by atoms with van der Waals surface area (Å²) in [6.07, 6.45) is 0. The maximum absolute atomic E-state index is 13.4. The number of hydrogen-bond donors (Lipinski definition) is 1. The van der Waals surface area contributed by atoms with Crippen molar-refractivity contribution in [2.75, 3.05) is 0 Å². The van der Waals surface area contributed by atoms with Gasteiger partial charge in [0, 0.05) is 11.0 Å². The first-order valence-corrected chi connectivity index (χ1v) is 13.9. The average molecular weight is 569 g/mol. The smallest absolute Gasteiger partial charge is 0.285 e. The van der Waals surface area contributed by atoms with Crippen LogP contribution in [-0.2, 0) is 0 Å². The average Bonchev–Trinajstić information content (AvgIpc) is 3.27. The van der Waals surface area contributed by atoms with Crippen LogP contribution in [0.1, 0.15) is 32.9 Å². The van der Waals surface area contributed by atoms with Crippen LogP contribution in [0.4, 0.5) is 0 Å². The summed E-state index contributed by atoms with van der Waals surface area (Å²) in [7, 11) is -6.12. The van der Waals surface area contributed by atoms with E-state index in [1.807, 2.05) is 0 Å². The van der Waals surface area contributed by atoms with Crippen LogP contribution >= 0.6 is 0 Å². The van der Waals surface area contributed by atoms with Gasteiger partial charge in [-0.15, -0.1) is 0 Å². The third kappa shape index (κ3) is 3.70. The van der Waals surface area contributed by atoms with Crippen LogP contribution in [0.25, 0.3) is 11.1 Å². The molecule has 0 saturated carbocycles. The molecule has 2 aliphatic rings. The molecular formula is C36H25BO3Si. The molecule has 0 aliphatic carbocycles. The minimum Gasteiger partial charge on any atom is -0.458 e. The van der Waals surface area contributed by atoms with E-state index < -0.39 is 226 Å². The summed E-state index contributed by atoms with van der Waals surface area (Å²) in [6.45, 7) is -1.73. The number of rotatable bonds is 4. The lowest BCUT2D eigenvalue weighted by atomic mass is 9.34. The molecule has 2 heterocycles. The summed E-state index contributed by atoms with van der Waals surface area (Å²) in [5.74, 6) is -2.60. The van der Waals surface area contributed by atoms with Crippen LogP contribution in [0.15, 0.2) is 145 Å². The Balaban J connectivity index is 1.60. The molecule has 0 amide bonds. The van der Waals surface area contributed by atoms with Crippen molar-refractivity contribution in [2.24, 2.45) is 0 Å². The predicted octanol–water partition coefficient (Wildman–Crippen LogP) is 4.04. The lowest BCUT2D eigenvalue weighted by Gasteiger charge is -2.34. The normalized spacial score (nSPS) is 21.0. The lowest BCUT2D eigenvalue weighted by molar-refractivity contribution is 0.465. The molecule has 1 N–H and O–H groups in total. The molecule has 3 nitrogen and oxygen atoms in total. The van der Waals surface area contributed by atoms with Gasteiger partial charge in [-0.25, -0.2) is 0 Å². The lowest BCUT2D eigenvalue weighted by Crippen LogP contribution is -2.67. The van der Waals surface area contributed by atoms with Gasteiger partial charge in [-0.3, -0.25) is 0 Å². The molecule has 6 aromatic rings. The monoisotopic (exact) mass is 568 g/mol. The van der Waals surface area contributed by atoms with E-state index in [1.54, 1.807) is 0 Å². The highest BCUT2D eigenvalue weighted by Crippen LogP contribution is 2.40. The van der Waals surface area contributed by atoms with Crippen molar-refractivity contribution in [3.63, 3.8) is 0 Å². The molecule has 0 radical (unpaired) electrons. The van der Waals surface area contributed by atoms with Gasteiger partial charge in [0.1, 0.15) is 23.0 Å². The van der Waals surface area contributed by atoms with Crippen LogP contribution < -0.4 is 41.4 Å². The van der Waals surface area contributed by atoms with Gasteiger partial charge < -0.3 is 14.3 Å². The zero-order valence-electron chi connectivity index (χ0n) is 44.3. The van der Waals surface area contributed by atoms with E-state index in [9.17, 15) is 10.3 Å². The highest BCUT2D eigenvalue weighted by Gasteiger charge is 2.42. The molecule has 2 aliphatic heterocycles. The Kier molecular flexibility index (Phi) is 2.27. The Morgan fingerprint density at radius 2 is 1.10 bits per heavy atom. The van der Waals surface area contributed by atoms with Gasteiger partial charge in [-0.05, 0) is 56.2 Å². The van der Waals surface area contributed by atoms with Crippen molar-refractivity contribution in [1.82, 2.24) is 0 Å². The van der Waals surface area contributed by atoms with Gasteiger partial charge >= 0.3 is 0 Å². The maximum atomic E-state index is 13.4. The van der Waals surface area contributed by atoms with Crippen LogP contribution in [0.5, 0.6) is 23.0 Å². The van der Waals surface area contributed by atoms with Crippen LogP contribution in [0.3, 0.4) is 0 Å². The Morgan fingerprint density at radius 1 is 0.537 bits per heavy atom. The van der Waals surface area contributed by atoms with Gasteiger partial charge in [0.15, 0.2) is 0 Å². The van der Waals surface area contributed by atoms with Crippen LogP contribution in [-0.4, -0.2) is 19.8 Å². The fraction of sp³-hybridized carbons (Fsp3) is 0. The third-order valence-electron chi connectivity index (χ3n) is 6.61. The van der Waals surface area contributed by atoms with Gasteiger partial charge in [0.05, 0.1) is 32.9 Å². The second-order valence-corrected chi connectivity index (χ2v) is 11.7. The highest BCUT2D eigenvalue weighted by atomic mass is 28.4. The van der Waals surface area contributed by atoms with Crippen molar-refractivity contribution >= 4 is 47.0 Å². The van der Waals surface area contributed by atoms with Crippen LogP contribution in [0.2, 0.25) is 0 Å². The second kappa shape index (κ2) is 9.37. The fourth-order valence-electron chi connectivity index (χ4n) is 4.82. The largest absolute Gasteiger partial charge is 0.458 e. The van der Waals surface area contributed by atoms with Gasteiger partial charge in [-0.1, -0.05) is 121 Å². The summed E-state index contributed by atoms with van der Waals surface area (Å²) in [5.41, 5.74) is -3.03. The summed E-state index contributed by atoms with van der Waals surface area (Å²) < 4.78 is 223. The molecule has 194 valence electrons. The first-order chi connectivity index (χ1) is 30.2. The number of ether oxygens (including phenoxy) is 2. The number of para-hydroxylation sites is 2. The standard InChI is InChI=1S/C36H25BO3Si/c38-41(26-13-3-1-4-14-26,27-15-5-2-6-16-27)28-17-11-12-25(24-28)29-22-23-34-35-36(29)40-33-21-10-8-19-31(33)37(35)30-18-7-9-20-32(30)39-34/h1-24,38H/i1D,2D,3D,4D,5D,6D,7D,8D,9D,10D,11D,12D,13D,14D,15D,16D,17D,18D,19D,20D,21D,22D,23D,24D. The molecule has 5 heteroatoms. The van der Waals surface area contributed by atoms with Crippen molar-refractivity contribution in [1.29, 1.82) is 0 Å². The van der Waals surface area contributed by atoms with E-state index in [1.165, 1.54) is 0 Å². The number of benzene rings is 6. The van der Waals surface area contributed by atoms with Gasteiger partial charge in [-0.2, -0.15) is 0 Å². The highest BCUT2D eigenvalue weighted by molar-refractivity contribution is 7.06. The molecule has 0 saturated heterocycles. The molecule has 8 rings (SSSR count). The summed E-state index contributed by atoms with van der Waals surface area (Å²) in [5, 5.41) is -3.41. The minimum absolute atomic E-state index is 0.410. The molecular weight excluding hydrogens is 519 g/mol. The van der Waals surface area contributed by atoms with Crippen molar-refractivity contribution in [3.05, 3.63) is 145 Å². The zero-order valence-corrected chi connectivity index (χ0v) is 21.3. The molecule has 0 atom stereocenters. The first-order valence-electron chi connectivity index (χ1n) is 23.9. The SMILES string of the molecule is [2H]c1c([2H])c([2H])c([Si](O)(c2c([2H])c([2H])c([2H])c([2H])c2[2H])c2c([2H])c([2H])c([2H])c(-c3c([2H])c([2H])c4c5c3Oc3c([2H])c([2H])c([2H])c([2H])c3B5c3c([2H])c([2H])c([2H])c([2H])c3O4)c2[2H])c([2H])c1[2H]. The van der Waals surface area contributed by atoms with E-state index in [4.69, 9.17) is 36.9 Å². The second-order valence-electron chi connectivity index (χ2n) is 8.78. The molecule has 0 bridgehead atoms. The van der Waals surface area contributed by atoms with E-state index in [0.717, 1.165) is 0 Å². The van der Waals surface area contributed by atoms with Gasteiger partial charge in [0.2, 0.25) is 0 Å². The Hall–Kier alpha value is -4.84. The summed E-state index contributed by atoms with van der Waals surface area (Å²) in [4.78, 5) is 13.4. The molecule has 0 spiro atoms. The minimum atomic E-state index is -6.12. The van der Waals surface area contributed by atoms with E-state index in [2.05, 4.69) is 0 Å². The Morgan fingerprint density at radius 3 is 1.76 bits per heavy atom. The van der Waals surface area contributed by atoms with E-state index in [-0.39, 0.29) is 0 Å². The summed E-state index contributed by atoms with van der Waals surface area (Å²) in [6, 6.07) is -24.2. The molecule has 0 aromatic heterocycles. The van der Waals surface area contributed by atoms with Crippen molar-refractivity contribution in [3.8, 4) is 34.1 Å². The number of hydrogen-bond acceptors (Lipinski definition) is 3. The quantitative estimate of drug-likeness (QED) is 0.257. The Bertz CT molecular complexity index is 3110. The summed E-state index contributed by atoms with van der Waals surface area (Å²) >= 11 is 0. The number of fused-ring (bicyclic) bond motifs is 4. The fourth-order valence-corrected chi connectivity index (χ4v) is 7.09. The molecule has 0 fully saturated rings. The van der Waals surface area contributed by atoms with Gasteiger partial charge in [0.25, 0.3) is 15.0 Å². The Labute approximate surface area is 274 Å². The van der Waals surface area contributed by atoms with Crippen LogP contribution in [0, 0.1) is 0 Å². The molecule has 41 heavy (non-hydrogen) atoms. The third-order valence-corrected chi connectivity index (χ3v) is 9.53.